The highest BCUT2D eigenvalue weighted by Crippen LogP contribution is 2.16. The van der Waals surface area contributed by atoms with Crippen molar-refractivity contribution in [1.29, 1.82) is 0 Å². The Hall–Kier alpha value is -0.650. The number of nitrogens with one attached hydrogen (secondary N) is 2. The molecule has 0 aliphatic carbocycles. The lowest BCUT2D eigenvalue weighted by atomic mass is 10.1. The topological polar surface area (TPSA) is 27.3 Å². The monoisotopic (exact) mass is 343 g/mol. The first kappa shape index (κ1) is 16.4. The maximum Gasteiger partial charge on any atom is 0.166 e. The molecule has 5 heteroatoms. The Kier molecular flexibility index (Phi) is 7.34. The molecule has 0 amide bonds. The van der Waals surface area contributed by atoms with E-state index in [9.17, 15) is 0 Å². The van der Waals surface area contributed by atoms with E-state index in [2.05, 4.69) is 64.6 Å². The molecule has 1 aromatic carbocycles. The molecule has 2 N–H and O–H groups in total. The maximum absolute atomic E-state index is 5.29. The molecule has 19 heavy (non-hydrogen) atoms. The van der Waals surface area contributed by atoms with Crippen molar-refractivity contribution in [3.05, 3.63) is 34.3 Å². The number of thiocarbonyl (C=S) groups is 1. The van der Waals surface area contributed by atoms with Crippen molar-refractivity contribution >= 4 is 33.3 Å². The molecule has 3 nitrogen and oxygen atoms in total. The highest BCUT2D eigenvalue weighted by atomic mass is 79.9. The van der Waals surface area contributed by atoms with Gasteiger partial charge in [-0.15, -0.1) is 0 Å². The summed E-state index contributed by atoms with van der Waals surface area (Å²) in [5.74, 6) is 0. The second-order valence-corrected chi connectivity index (χ2v) is 6.15. The zero-order valence-corrected chi connectivity index (χ0v) is 14.1. The highest BCUT2D eigenvalue weighted by Gasteiger charge is 2.06. The molecule has 0 radical (unpaired) electrons. The first-order chi connectivity index (χ1) is 8.99. The minimum Gasteiger partial charge on any atom is -0.363 e. The van der Waals surface area contributed by atoms with Crippen LogP contribution < -0.4 is 10.6 Å². The predicted molar refractivity (Wildman–Crippen MR) is 89.5 cm³/mol. The van der Waals surface area contributed by atoms with Gasteiger partial charge in [-0.2, -0.15) is 0 Å². The van der Waals surface area contributed by atoms with Gasteiger partial charge in [0.15, 0.2) is 5.11 Å². The Morgan fingerprint density at radius 1 is 1.32 bits per heavy atom. The summed E-state index contributed by atoms with van der Waals surface area (Å²) in [4.78, 5) is 2.17. The third-order valence-corrected chi connectivity index (χ3v) is 3.58. The maximum atomic E-state index is 5.29. The smallest absolute Gasteiger partial charge is 0.166 e. The molecule has 0 bridgehead atoms. The largest absolute Gasteiger partial charge is 0.363 e. The molecule has 0 saturated carbocycles. The summed E-state index contributed by atoms with van der Waals surface area (Å²) in [7, 11) is 4.15. The average Bonchev–Trinajstić information content (AvgIpc) is 2.35. The SMILES string of the molecule is C[C@H](NC(=S)NCCCN(C)C)c1ccc(Br)cc1. The van der Waals surface area contributed by atoms with E-state index < -0.39 is 0 Å². The molecule has 0 spiro atoms. The van der Waals surface area contributed by atoms with Crippen LogP contribution in [0.15, 0.2) is 28.7 Å². The number of hydrogen-bond donors (Lipinski definition) is 2. The molecule has 0 unspecified atom stereocenters. The normalized spacial score (nSPS) is 12.3. The summed E-state index contributed by atoms with van der Waals surface area (Å²) in [6.07, 6.45) is 1.08. The lowest BCUT2D eigenvalue weighted by Crippen LogP contribution is -2.37. The van der Waals surface area contributed by atoms with E-state index in [0.717, 1.165) is 24.0 Å². The highest BCUT2D eigenvalue weighted by molar-refractivity contribution is 9.10. The number of benzene rings is 1. The van der Waals surface area contributed by atoms with Gasteiger partial charge in [0.1, 0.15) is 0 Å². The Morgan fingerprint density at radius 2 is 1.95 bits per heavy atom. The van der Waals surface area contributed by atoms with Crippen molar-refractivity contribution in [3.8, 4) is 0 Å². The first-order valence-electron chi connectivity index (χ1n) is 6.43. The van der Waals surface area contributed by atoms with Crippen LogP contribution in [-0.4, -0.2) is 37.2 Å². The molecule has 1 rings (SSSR count). The van der Waals surface area contributed by atoms with Crippen molar-refractivity contribution in [2.24, 2.45) is 0 Å². The third-order valence-electron chi connectivity index (χ3n) is 2.79. The van der Waals surface area contributed by atoms with Gasteiger partial charge in [0.05, 0.1) is 6.04 Å². The van der Waals surface area contributed by atoms with Gasteiger partial charge >= 0.3 is 0 Å². The summed E-state index contributed by atoms with van der Waals surface area (Å²) >= 11 is 8.73. The molecule has 0 heterocycles. The van der Waals surface area contributed by atoms with Gasteiger partial charge in [-0.05, 0) is 63.9 Å². The minimum absolute atomic E-state index is 0.210. The molecule has 0 aromatic heterocycles. The second-order valence-electron chi connectivity index (χ2n) is 4.83. The lowest BCUT2D eigenvalue weighted by molar-refractivity contribution is 0.400. The summed E-state index contributed by atoms with van der Waals surface area (Å²) in [5, 5.41) is 7.25. The van der Waals surface area contributed by atoms with Crippen molar-refractivity contribution in [1.82, 2.24) is 15.5 Å². The van der Waals surface area contributed by atoms with Crippen LogP contribution in [0, 0.1) is 0 Å². The van der Waals surface area contributed by atoms with Crippen LogP contribution in [0.1, 0.15) is 24.9 Å². The second kappa shape index (κ2) is 8.51. The molecule has 0 fully saturated rings. The standard InChI is InChI=1S/C14H22BrN3S/c1-11(12-5-7-13(15)8-6-12)17-14(19)16-9-4-10-18(2)3/h5-8,11H,4,9-10H2,1-3H3,(H2,16,17,19)/t11-/m0/s1. The predicted octanol–water partition coefficient (Wildman–Crippen LogP) is 2.93. The van der Waals surface area contributed by atoms with Crippen LogP contribution in [0.3, 0.4) is 0 Å². The van der Waals surface area contributed by atoms with Gasteiger partial charge < -0.3 is 15.5 Å². The van der Waals surface area contributed by atoms with Crippen molar-refractivity contribution in [2.45, 2.75) is 19.4 Å². The van der Waals surface area contributed by atoms with E-state index in [0.29, 0.717) is 5.11 Å². The van der Waals surface area contributed by atoms with Gasteiger partial charge in [0, 0.05) is 11.0 Å². The molecule has 1 aromatic rings. The molecular formula is C14H22BrN3S. The van der Waals surface area contributed by atoms with E-state index in [-0.39, 0.29) is 6.04 Å². The van der Waals surface area contributed by atoms with Crippen LogP contribution in [0.4, 0.5) is 0 Å². The number of nitrogens with zero attached hydrogens (tertiary/aromatic N) is 1. The fourth-order valence-corrected chi connectivity index (χ4v) is 2.22. The Labute approximate surface area is 129 Å². The van der Waals surface area contributed by atoms with Crippen LogP contribution >= 0.6 is 28.1 Å². The van der Waals surface area contributed by atoms with Crippen LogP contribution in [0.2, 0.25) is 0 Å². The minimum atomic E-state index is 0.210. The fraction of sp³-hybridized carbons (Fsp3) is 0.500. The summed E-state index contributed by atoms with van der Waals surface area (Å²) in [6.45, 7) is 4.08. The van der Waals surface area contributed by atoms with Gasteiger partial charge in [0.2, 0.25) is 0 Å². The molecular weight excluding hydrogens is 322 g/mol. The molecule has 0 aliphatic rings. The van der Waals surface area contributed by atoms with E-state index in [1.807, 2.05) is 12.1 Å². The van der Waals surface area contributed by atoms with Crippen molar-refractivity contribution < 1.29 is 0 Å². The van der Waals surface area contributed by atoms with Crippen LogP contribution in [0.5, 0.6) is 0 Å². The Morgan fingerprint density at radius 3 is 2.53 bits per heavy atom. The van der Waals surface area contributed by atoms with Crippen LogP contribution in [0.25, 0.3) is 0 Å². The first-order valence-corrected chi connectivity index (χ1v) is 7.63. The summed E-state index contributed by atoms with van der Waals surface area (Å²) in [6, 6.07) is 8.48. The average molecular weight is 344 g/mol. The van der Waals surface area contributed by atoms with E-state index >= 15 is 0 Å². The molecule has 0 aliphatic heterocycles. The third kappa shape index (κ3) is 6.89. The Bertz CT molecular complexity index is 392. The fourth-order valence-electron chi connectivity index (χ4n) is 1.68. The molecule has 106 valence electrons. The van der Waals surface area contributed by atoms with Gasteiger partial charge in [-0.3, -0.25) is 0 Å². The zero-order chi connectivity index (χ0) is 14.3. The van der Waals surface area contributed by atoms with Gasteiger partial charge in [0.25, 0.3) is 0 Å². The van der Waals surface area contributed by atoms with E-state index in [4.69, 9.17) is 12.2 Å². The van der Waals surface area contributed by atoms with E-state index in [1.165, 1.54) is 5.56 Å². The lowest BCUT2D eigenvalue weighted by Gasteiger charge is -2.18. The number of rotatable bonds is 6. The van der Waals surface area contributed by atoms with Gasteiger partial charge in [-0.1, -0.05) is 28.1 Å². The van der Waals surface area contributed by atoms with Crippen molar-refractivity contribution in [2.75, 3.05) is 27.2 Å². The quantitative estimate of drug-likeness (QED) is 0.613. The number of halogens is 1. The molecule has 0 saturated heterocycles. The van der Waals surface area contributed by atoms with E-state index in [1.54, 1.807) is 0 Å². The Balaban J connectivity index is 2.29. The van der Waals surface area contributed by atoms with Gasteiger partial charge in [-0.25, -0.2) is 0 Å². The molecule has 1 atom stereocenters. The summed E-state index contributed by atoms with van der Waals surface area (Å²) in [5.41, 5.74) is 1.22. The number of hydrogen-bond acceptors (Lipinski definition) is 2. The summed E-state index contributed by atoms with van der Waals surface area (Å²) < 4.78 is 1.09. The van der Waals surface area contributed by atoms with Crippen LogP contribution in [-0.2, 0) is 0 Å². The zero-order valence-electron chi connectivity index (χ0n) is 11.7. The van der Waals surface area contributed by atoms with Crippen molar-refractivity contribution in [3.63, 3.8) is 0 Å².